The Morgan fingerprint density at radius 2 is 1.10 bits per heavy atom. The largest absolute Gasteiger partial charge is 0.673 e. The van der Waals surface area contributed by atoms with Gasteiger partial charge in [0, 0.05) is 0 Å². The SMILES string of the molecule is Cc1ccc(S(=O)(=O)N(C)[S+](c2ccccc2)c2ccccc2)cc1.F[B-](F)(F)F. The number of rotatable bonds is 5. The molecule has 0 saturated carbocycles. The first-order valence-electron chi connectivity index (χ1n) is 8.77. The molecule has 0 bridgehead atoms. The maximum atomic E-state index is 13.2. The Hall–Kier alpha value is -2.30. The summed E-state index contributed by atoms with van der Waals surface area (Å²) in [4.78, 5) is 2.24. The first-order chi connectivity index (χ1) is 14.0. The lowest BCUT2D eigenvalue weighted by molar-refractivity contribution is 0.368. The summed E-state index contributed by atoms with van der Waals surface area (Å²) in [5.74, 6) is 0. The van der Waals surface area contributed by atoms with Crippen LogP contribution < -0.4 is 0 Å². The Morgan fingerprint density at radius 1 is 0.733 bits per heavy atom. The zero-order valence-electron chi connectivity index (χ0n) is 16.3. The molecule has 0 radical (unpaired) electrons. The highest BCUT2D eigenvalue weighted by atomic mass is 32.3. The summed E-state index contributed by atoms with van der Waals surface area (Å²) in [6.07, 6.45) is 0. The monoisotopic (exact) mass is 457 g/mol. The molecule has 0 unspecified atom stereocenters. The number of sulfonamides is 1. The van der Waals surface area contributed by atoms with Crippen LogP contribution in [-0.2, 0) is 21.1 Å². The molecule has 0 amide bonds. The van der Waals surface area contributed by atoms with Gasteiger partial charge in [0.2, 0.25) is 0 Å². The average Bonchev–Trinajstić information content (AvgIpc) is 2.69. The Bertz CT molecular complexity index is 986. The van der Waals surface area contributed by atoms with Gasteiger partial charge >= 0.3 is 7.25 Å². The summed E-state index contributed by atoms with van der Waals surface area (Å²) in [5.41, 5.74) is 1.03. The lowest BCUT2D eigenvalue weighted by Gasteiger charge is -2.17. The van der Waals surface area contributed by atoms with Crippen molar-refractivity contribution in [3.8, 4) is 0 Å². The Kier molecular flexibility index (Phi) is 8.11. The predicted molar refractivity (Wildman–Crippen MR) is 113 cm³/mol. The molecule has 0 heterocycles. The van der Waals surface area contributed by atoms with Crippen molar-refractivity contribution in [3.63, 3.8) is 0 Å². The van der Waals surface area contributed by atoms with Gasteiger partial charge in [0.05, 0.1) is 11.9 Å². The van der Waals surface area contributed by atoms with E-state index in [2.05, 4.69) is 0 Å². The fourth-order valence-corrected chi connectivity index (χ4v) is 6.52. The number of nitrogens with zero attached hydrogens (tertiary/aromatic N) is 1. The first kappa shape index (κ1) is 24.0. The van der Waals surface area contributed by atoms with E-state index in [1.54, 1.807) is 19.2 Å². The van der Waals surface area contributed by atoms with Crippen LogP contribution in [-0.4, -0.2) is 26.4 Å². The standard InChI is InChI=1S/C20H20NO2S2.BF4/c1-17-13-15-20(16-14-17)25(22,23)21(2)24(18-9-5-3-6-10-18)19-11-7-4-8-12-19;2-1(3,4)5/h3-16H,1-2H3;/q+1;-1. The van der Waals surface area contributed by atoms with Crippen LogP contribution in [0.1, 0.15) is 5.56 Å². The molecule has 160 valence electrons. The van der Waals surface area contributed by atoms with Crippen LogP contribution in [0, 0.1) is 6.92 Å². The van der Waals surface area contributed by atoms with Crippen molar-refractivity contribution >= 4 is 28.4 Å². The molecule has 3 aromatic rings. The summed E-state index contributed by atoms with van der Waals surface area (Å²) >= 11 is -0.726. The highest BCUT2D eigenvalue weighted by Gasteiger charge is 2.40. The molecular weight excluding hydrogens is 437 g/mol. The maximum Gasteiger partial charge on any atom is 0.673 e. The fourth-order valence-electron chi connectivity index (χ4n) is 2.49. The zero-order valence-corrected chi connectivity index (χ0v) is 17.9. The van der Waals surface area contributed by atoms with Crippen LogP contribution in [0.5, 0.6) is 0 Å². The van der Waals surface area contributed by atoms with Gasteiger partial charge < -0.3 is 17.3 Å². The average molecular weight is 457 g/mol. The third kappa shape index (κ3) is 6.89. The smallest absolute Gasteiger partial charge is 0.418 e. The molecule has 0 aliphatic rings. The Balaban J connectivity index is 0.000000575. The summed E-state index contributed by atoms with van der Waals surface area (Å²) in [6, 6.07) is 26.5. The number of hydrogen-bond acceptors (Lipinski definition) is 2. The van der Waals surface area contributed by atoms with Gasteiger partial charge in [-0.25, -0.2) is 8.42 Å². The van der Waals surface area contributed by atoms with Crippen LogP contribution in [0.4, 0.5) is 17.3 Å². The first-order valence-corrected chi connectivity index (χ1v) is 11.4. The maximum absolute atomic E-state index is 13.2. The molecule has 0 N–H and O–H groups in total. The summed E-state index contributed by atoms with van der Waals surface area (Å²) in [5, 5.41) is 0. The number of benzene rings is 3. The van der Waals surface area contributed by atoms with E-state index < -0.39 is 28.4 Å². The molecular formula is C20H20BF4NO2S2. The molecule has 0 saturated heterocycles. The van der Waals surface area contributed by atoms with Crippen molar-refractivity contribution < 1.29 is 25.7 Å². The normalized spacial score (nSPS) is 11.9. The van der Waals surface area contributed by atoms with Crippen molar-refractivity contribution in [3.05, 3.63) is 90.5 Å². The molecule has 0 aromatic heterocycles. The van der Waals surface area contributed by atoms with Gasteiger partial charge in [-0.3, -0.25) is 0 Å². The van der Waals surface area contributed by atoms with Gasteiger partial charge in [0.25, 0.3) is 10.0 Å². The van der Waals surface area contributed by atoms with E-state index in [9.17, 15) is 25.7 Å². The highest BCUT2D eigenvalue weighted by molar-refractivity contribution is 8.06. The molecule has 3 nitrogen and oxygen atoms in total. The summed E-state index contributed by atoms with van der Waals surface area (Å²) in [6.45, 7) is 1.94. The minimum absolute atomic E-state index is 0.310. The van der Waals surface area contributed by atoms with Crippen molar-refractivity contribution in [1.82, 2.24) is 3.71 Å². The zero-order chi connectivity index (χ0) is 22.4. The van der Waals surface area contributed by atoms with Crippen molar-refractivity contribution in [2.45, 2.75) is 21.6 Å². The molecule has 0 aliphatic heterocycles. The molecule has 0 atom stereocenters. The fraction of sp³-hybridized carbons (Fsp3) is 0.100. The second kappa shape index (κ2) is 10.1. The van der Waals surface area contributed by atoms with E-state index in [-0.39, 0.29) is 0 Å². The second-order valence-corrected chi connectivity index (χ2v) is 10.4. The Labute approximate surface area is 177 Å². The molecule has 3 rings (SSSR count). The van der Waals surface area contributed by atoms with E-state index in [1.807, 2.05) is 79.7 Å². The van der Waals surface area contributed by atoms with Crippen molar-refractivity contribution in [1.29, 1.82) is 0 Å². The summed E-state index contributed by atoms with van der Waals surface area (Å²) < 4.78 is 66.8. The lowest BCUT2D eigenvalue weighted by Crippen LogP contribution is -2.33. The van der Waals surface area contributed by atoms with Crippen LogP contribution in [0.3, 0.4) is 0 Å². The number of halogens is 4. The third-order valence-electron chi connectivity index (χ3n) is 3.85. The summed E-state index contributed by atoms with van der Waals surface area (Å²) in [7, 11) is -7.95. The number of hydrogen-bond donors (Lipinski definition) is 0. The Morgan fingerprint density at radius 3 is 1.47 bits per heavy atom. The van der Waals surface area contributed by atoms with E-state index >= 15 is 0 Å². The highest BCUT2D eigenvalue weighted by Crippen LogP contribution is 2.30. The second-order valence-electron chi connectivity index (χ2n) is 6.13. The quantitative estimate of drug-likeness (QED) is 0.286. The molecule has 30 heavy (non-hydrogen) atoms. The van der Waals surface area contributed by atoms with Crippen LogP contribution >= 0.6 is 0 Å². The van der Waals surface area contributed by atoms with Crippen LogP contribution in [0.15, 0.2) is 99.6 Å². The van der Waals surface area contributed by atoms with Crippen molar-refractivity contribution in [2.75, 3.05) is 7.05 Å². The van der Waals surface area contributed by atoms with Gasteiger partial charge in [0.1, 0.15) is 0 Å². The van der Waals surface area contributed by atoms with Gasteiger partial charge in [-0.2, -0.15) is 0 Å². The van der Waals surface area contributed by atoms with E-state index in [1.165, 1.54) is 3.71 Å². The predicted octanol–water partition coefficient (Wildman–Crippen LogP) is 5.57. The van der Waals surface area contributed by atoms with Gasteiger partial charge in [-0.15, -0.1) is 0 Å². The molecule has 3 aromatic carbocycles. The van der Waals surface area contributed by atoms with Crippen LogP contribution in [0.25, 0.3) is 0 Å². The number of aryl methyl sites for hydroxylation is 1. The molecule has 0 spiro atoms. The molecule has 10 heteroatoms. The van der Waals surface area contributed by atoms with E-state index in [0.717, 1.165) is 15.4 Å². The molecule has 0 fully saturated rings. The lowest BCUT2D eigenvalue weighted by atomic mass is 10.2. The molecule has 0 aliphatic carbocycles. The van der Waals surface area contributed by atoms with Gasteiger partial charge in [-0.05, 0) is 47.0 Å². The van der Waals surface area contributed by atoms with Gasteiger partial charge in [0.15, 0.2) is 20.9 Å². The topological polar surface area (TPSA) is 37.4 Å². The van der Waals surface area contributed by atoms with Crippen LogP contribution in [0.2, 0.25) is 0 Å². The third-order valence-corrected chi connectivity index (χ3v) is 8.38. The minimum Gasteiger partial charge on any atom is -0.418 e. The van der Waals surface area contributed by atoms with E-state index in [0.29, 0.717) is 4.90 Å². The van der Waals surface area contributed by atoms with E-state index in [4.69, 9.17) is 0 Å². The minimum atomic E-state index is -6.00. The van der Waals surface area contributed by atoms with Crippen molar-refractivity contribution in [2.24, 2.45) is 0 Å². The van der Waals surface area contributed by atoms with Gasteiger partial charge in [-0.1, -0.05) is 54.1 Å².